The minimum atomic E-state index is 0.0917. The molecule has 0 saturated heterocycles. The Morgan fingerprint density at radius 1 is 1.50 bits per heavy atom. The summed E-state index contributed by atoms with van der Waals surface area (Å²) in [6.07, 6.45) is 0.625. The van der Waals surface area contributed by atoms with E-state index >= 15 is 0 Å². The molecule has 0 aliphatic rings. The molecule has 0 aromatic carbocycles. The zero-order chi connectivity index (χ0) is 7.98. The third-order valence-corrected chi connectivity index (χ3v) is 1.00. The molecule has 0 fully saturated rings. The van der Waals surface area contributed by atoms with Crippen LogP contribution in [0.1, 0.15) is 20.3 Å². The van der Waals surface area contributed by atoms with Gasteiger partial charge in [0.2, 0.25) is 0 Å². The Labute approximate surface area is 61.3 Å². The molecule has 3 heteroatoms. The number of aliphatic hydroxyl groups excluding tert-OH is 1. The lowest BCUT2D eigenvalue weighted by molar-refractivity contribution is 0.307. The predicted molar refractivity (Wildman–Crippen MR) is 43.1 cm³/mol. The van der Waals surface area contributed by atoms with Crippen LogP contribution >= 0.6 is 0 Å². The third kappa shape index (κ3) is 5.44. The molecule has 0 aliphatic heterocycles. The molecule has 0 aliphatic carbocycles. The van der Waals surface area contributed by atoms with Crippen LogP contribution in [0.4, 0.5) is 0 Å². The molecule has 0 saturated carbocycles. The van der Waals surface area contributed by atoms with E-state index in [9.17, 15) is 0 Å². The molecule has 2 N–H and O–H groups in total. The highest BCUT2D eigenvalue weighted by molar-refractivity contribution is 6.00. The number of nitrogens with one attached hydrogen (secondary N) is 1. The lowest BCUT2D eigenvalue weighted by Gasteiger charge is -1.96. The van der Waals surface area contributed by atoms with Gasteiger partial charge in [-0.05, 0) is 13.8 Å². The van der Waals surface area contributed by atoms with Gasteiger partial charge in [-0.25, -0.2) is 0 Å². The van der Waals surface area contributed by atoms with Gasteiger partial charge in [0.05, 0.1) is 13.2 Å². The van der Waals surface area contributed by atoms with Crippen molar-refractivity contribution in [2.24, 2.45) is 4.99 Å². The Balaban J connectivity index is 3.59. The van der Waals surface area contributed by atoms with Gasteiger partial charge in [0.15, 0.2) is 0 Å². The van der Waals surface area contributed by atoms with Crippen molar-refractivity contribution >= 4 is 11.4 Å². The van der Waals surface area contributed by atoms with Crippen LogP contribution in [0.15, 0.2) is 4.99 Å². The first kappa shape index (κ1) is 9.30. The van der Waals surface area contributed by atoms with E-state index < -0.39 is 0 Å². The van der Waals surface area contributed by atoms with E-state index in [-0.39, 0.29) is 6.61 Å². The van der Waals surface area contributed by atoms with E-state index in [0.29, 0.717) is 18.7 Å². The number of hydrogen-bond donors (Lipinski definition) is 2. The molecular weight excluding hydrogens is 128 g/mol. The number of aliphatic hydroxyl groups is 1. The summed E-state index contributed by atoms with van der Waals surface area (Å²) in [7, 11) is 0. The molecule has 0 amide bonds. The van der Waals surface area contributed by atoms with Gasteiger partial charge in [-0.2, -0.15) is 0 Å². The van der Waals surface area contributed by atoms with Crippen molar-refractivity contribution in [3.8, 4) is 0 Å². The number of aliphatic imine (C=N–C) groups is 1. The summed E-state index contributed by atoms with van der Waals surface area (Å²) in [6, 6.07) is 0. The Morgan fingerprint density at radius 3 is 2.50 bits per heavy atom. The van der Waals surface area contributed by atoms with Gasteiger partial charge < -0.3 is 10.5 Å². The van der Waals surface area contributed by atoms with E-state index in [0.717, 1.165) is 5.71 Å². The highest BCUT2D eigenvalue weighted by Gasteiger charge is 1.91. The van der Waals surface area contributed by atoms with Crippen molar-refractivity contribution in [1.29, 1.82) is 5.41 Å². The molecule has 0 atom stereocenters. The van der Waals surface area contributed by atoms with Crippen LogP contribution in [0.2, 0.25) is 0 Å². The highest BCUT2D eigenvalue weighted by atomic mass is 16.3. The maximum absolute atomic E-state index is 8.39. The lowest BCUT2D eigenvalue weighted by Crippen LogP contribution is -2.01. The zero-order valence-electron chi connectivity index (χ0n) is 6.52. The van der Waals surface area contributed by atoms with Gasteiger partial charge in [0, 0.05) is 17.8 Å². The smallest absolute Gasteiger partial charge is 0.0626 e. The summed E-state index contributed by atoms with van der Waals surface area (Å²) in [5.41, 5.74) is 1.53. The molecule has 58 valence electrons. The van der Waals surface area contributed by atoms with Gasteiger partial charge >= 0.3 is 0 Å². The van der Waals surface area contributed by atoms with Crippen molar-refractivity contribution in [2.45, 2.75) is 20.3 Å². The molecule has 0 heterocycles. The van der Waals surface area contributed by atoms with Gasteiger partial charge in [-0.15, -0.1) is 0 Å². The first-order valence-corrected chi connectivity index (χ1v) is 3.31. The topological polar surface area (TPSA) is 56.4 Å². The second-order valence-electron chi connectivity index (χ2n) is 2.30. The molecule has 10 heavy (non-hydrogen) atoms. The maximum atomic E-state index is 8.39. The summed E-state index contributed by atoms with van der Waals surface area (Å²) in [5.74, 6) is 0. The highest BCUT2D eigenvalue weighted by Crippen LogP contribution is 1.87. The van der Waals surface area contributed by atoms with E-state index in [2.05, 4.69) is 4.99 Å². The van der Waals surface area contributed by atoms with E-state index in [1.165, 1.54) is 0 Å². The van der Waals surface area contributed by atoms with Gasteiger partial charge in [-0.3, -0.25) is 4.99 Å². The predicted octanol–water partition coefficient (Wildman–Crippen LogP) is 0.869. The van der Waals surface area contributed by atoms with Gasteiger partial charge in [0.1, 0.15) is 0 Å². The molecule has 0 bridgehead atoms. The molecule has 3 nitrogen and oxygen atoms in total. The molecule has 0 radical (unpaired) electrons. The van der Waals surface area contributed by atoms with Crippen LogP contribution < -0.4 is 0 Å². The van der Waals surface area contributed by atoms with E-state index in [1.54, 1.807) is 6.92 Å². The molecular formula is C7H14N2O. The first-order chi connectivity index (χ1) is 4.66. The second-order valence-corrected chi connectivity index (χ2v) is 2.30. The van der Waals surface area contributed by atoms with Crippen molar-refractivity contribution in [3.05, 3.63) is 0 Å². The average molecular weight is 142 g/mol. The molecule has 0 unspecified atom stereocenters. The Bertz CT molecular complexity index is 141. The summed E-state index contributed by atoms with van der Waals surface area (Å²) in [6.45, 7) is 4.17. The molecule has 0 aromatic heterocycles. The average Bonchev–Trinajstić information content (AvgIpc) is 1.82. The maximum Gasteiger partial charge on any atom is 0.0626 e. The minimum absolute atomic E-state index is 0.0917. The number of hydrogen-bond acceptors (Lipinski definition) is 3. The van der Waals surface area contributed by atoms with E-state index in [4.69, 9.17) is 10.5 Å². The summed E-state index contributed by atoms with van der Waals surface area (Å²) in [4.78, 5) is 4.01. The monoisotopic (exact) mass is 142 g/mol. The third-order valence-electron chi connectivity index (χ3n) is 1.00. The largest absolute Gasteiger partial charge is 0.394 e. The summed E-state index contributed by atoms with van der Waals surface area (Å²) >= 11 is 0. The van der Waals surface area contributed by atoms with Crippen LogP contribution in [0.25, 0.3) is 0 Å². The standard InChI is InChI=1S/C7H14N2O/c1-6(8)5-7(2)9-3-4-10/h8,10H,3-5H2,1-2H3. The van der Waals surface area contributed by atoms with Crippen LogP contribution in [-0.2, 0) is 0 Å². The van der Waals surface area contributed by atoms with E-state index in [1.807, 2.05) is 6.92 Å². The van der Waals surface area contributed by atoms with Crippen molar-refractivity contribution in [2.75, 3.05) is 13.2 Å². The minimum Gasteiger partial charge on any atom is -0.394 e. The Hall–Kier alpha value is -0.700. The Kier molecular flexibility index (Phi) is 4.76. The van der Waals surface area contributed by atoms with Gasteiger partial charge in [-0.1, -0.05) is 0 Å². The van der Waals surface area contributed by atoms with Gasteiger partial charge in [0.25, 0.3) is 0 Å². The second kappa shape index (κ2) is 5.11. The quantitative estimate of drug-likeness (QED) is 0.562. The van der Waals surface area contributed by atoms with Crippen molar-refractivity contribution in [1.82, 2.24) is 0 Å². The molecule has 0 spiro atoms. The zero-order valence-corrected chi connectivity index (χ0v) is 6.52. The fraction of sp³-hybridized carbons (Fsp3) is 0.714. The van der Waals surface area contributed by atoms with Crippen LogP contribution in [0.5, 0.6) is 0 Å². The fourth-order valence-electron chi connectivity index (χ4n) is 0.681. The molecule has 0 rings (SSSR count). The number of rotatable bonds is 4. The number of nitrogens with zero attached hydrogens (tertiary/aromatic N) is 1. The lowest BCUT2D eigenvalue weighted by atomic mass is 10.2. The first-order valence-electron chi connectivity index (χ1n) is 3.31. The fourth-order valence-corrected chi connectivity index (χ4v) is 0.681. The normalized spacial score (nSPS) is 11.7. The van der Waals surface area contributed by atoms with Crippen molar-refractivity contribution < 1.29 is 5.11 Å². The summed E-state index contributed by atoms with van der Waals surface area (Å²) < 4.78 is 0. The Morgan fingerprint density at radius 2 is 2.10 bits per heavy atom. The van der Waals surface area contributed by atoms with Crippen LogP contribution in [0, 0.1) is 5.41 Å². The summed E-state index contributed by atoms with van der Waals surface area (Å²) in [5, 5.41) is 15.5. The van der Waals surface area contributed by atoms with Crippen LogP contribution in [-0.4, -0.2) is 29.7 Å². The molecule has 0 aromatic rings. The van der Waals surface area contributed by atoms with Crippen molar-refractivity contribution in [3.63, 3.8) is 0 Å². The van der Waals surface area contributed by atoms with Crippen LogP contribution in [0.3, 0.4) is 0 Å². The SMILES string of the molecule is CC(=N)CC(C)=NCCO.